The molecule has 3 atom stereocenters. The van der Waals surface area contributed by atoms with E-state index < -0.39 is 85.8 Å². The largest absolute Gasteiger partial charge is 0.489 e. The van der Waals surface area contributed by atoms with Gasteiger partial charge in [-0.1, -0.05) is 38.0 Å². The van der Waals surface area contributed by atoms with Crippen molar-refractivity contribution >= 4 is 70.0 Å². The molecule has 0 bridgehead atoms. The van der Waals surface area contributed by atoms with Gasteiger partial charge in [-0.15, -0.1) is 17.8 Å². The van der Waals surface area contributed by atoms with Crippen molar-refractivity contribution in [2.24, 2.45) is 0 Å². The van der Waals surface area contributed by atoms with Crippen LogP contribution in [-0.2, 0) is 29.3 Å². The molecule has 2 aliphatic heterocycles. The summed E-state index contributed by atoms with van der Waals surface area (Å²) >= 11 is 0.949. The topological polar surface area (TPSA) is 196 Å². The highest BCUT2D eigenvalue weighted by molar-refractivity contribution is 7.42. The number of aromatic nitrogens is 3. The maximum absolute atomic E-state index is 17.3. The van der Waals surface area contributed by atoms with E-state index >= 15 is 17.6 Å². The van der Waals surface area contributed by atoms with E-state index in [4.69, 9.17) is 30.7 Å². The first kappa shape index (κ1) is 50.0. The molecule has 4 N–H and O–H groups in total. The lowest BCUT2D eigenvalue weighted by Crippen LogP contribution is -2.47. The van der Waals surface area contributed by atoms with Crippen LogP contribution in [0.3, 0.4) is 0 Å². The zero-order chi connectivity index (χ0) is 48.8. The molecule has 3 aromatic heterocycles. The number of carbonyl (C=O) groups is 2. The van der Waals surface area contributed by atoms with E-state index in [9.17, 15) is 23.6 Å². The Morgan fingerprint density at radius 3 is 2.57 bits per heavy atom. The number of methoxy groups -OCH3 is 1. The van der Waals surface area contributed by atoms with Gasteiger partial charge in [0.1, 0.15) is 58.9 Å². The summed E-state index contributed by atoms with van der Waals surface area (Å²) in [7, 11) is -1.24. The molecular weight excluding hydrogens is 930 g/mol. The van der Waals surface area contributed by atoms with Crippen LogP contribution in [0, 0.1) is 29.5 Å². The number of ether oxygens (including phenoxy) is 2. The number of thiophene rings is 1. The summed E-state index contributed by atoms with van der Waals surface area (Å²) in [6.07, 6.45) is 4.07. The smallest absolute Gasteiger partial charge is 0.469 e. The Morgan fingerprint density at radius 1 is 1.22 bits per heavy atom. The summed E-state index contributed by atoms with van der Waals surface area (Å²) in [6, 6.07) is 7.21. The number of benzene rings is 2. The van der Waals surface area contributed by atoms with Crippen LogP contribution in [0.1, 0.15) is 76.1 Å². The summed E-state index contributed by atoms with van der Waals surface area (Å²) in [4.78, 5) is 36.3. The van der Waals surface area contributed by atoms with Crippen molar-refractivity contribution in [2.45, 2.75) is 77.2 Å². The molecule has 354 valence electrons. The van der Waals surface area contributed by atoms with Gasteiger partial charge in [-0.2, -0.15) is 37.2 Å². The molecule has 2 aromatic carbocycles. The van der Waals surface area contributed by atoms with E-state index in [-0.39, 0.29) is 51.2 Å². The van der Waals surface area contributed by atoms with Gasteiger partial charge in [0.15, 0.2) is 5.82 Å². The number of hydrogen-bond donors (Lipinski definition) is 3. The standard InChI is InChI=1S/C34H26F4N7O7PS.C8H11F2N.C2H6/c1-5-18-13-49-29-25-28(43-33(48-4)44-31(25)45(18)16(2)19-9-7-11-41-30(19)40)27(35)24(26(29)34(36,37)38)20-8-6-10-22-23(20)21(12-39)32(54-22)42-14-50-53(51-15-46)52-17(3)47;9-7(10)6-4-8(5-6)2-1-3-11-8;1-2/h1,6-11,15-16,18,42H,13-14H2,2-4H3,(H2,40,41);11H,1-5H2;1-2H3. The van der Waals surface area contributed by atoms with E-state index in [0.29, 0.717) is 28.7 Å². The minimum Gasteiger partial charge on any atom is -0.489 e. The molecule has 0 radical (unpaired) electrons. The fourth-order valence-electron chi connectivity index (χ4n) is 8.14. The number of alkyl halides is 3. The zero-order valence-electron chi connectivity index (χ0n) is 36.5. The first-order chi connectivity index (χ1) is 32.1. The molecule has 2 fully saturated rings. The fourth-order valence-corrected chi connectivity index (χ4v) is 9.81. The molecule has 3 unspecified atom stereocenters. The third-order valence-electron chi connectivity index (χ3n) is 10.9. The number of hydrogen-bond acceptors (Lipinski definition) is 16. The van der Waals surface area contributed by atoms with Gasteiger partial charge in [0.05, 0.1) is 24.1 Å². The molecule has 15 nitrogen and oxygen atoms in total. The van der Waals surface area contributed by atoms with Crippen LogP contribution < -0.4 is 30.7 Å². The van der Waals surface area contributed by atoms with Gasteiger partial charge in [-0.25, -0.2) is 9.37 Å². The van der Waals surface area contributed by atoms with Crippen LogP contribution in [0.15, 0.2) is 48.2 Å². The van der Waals surface area contributed by atoms with Gasteiger partial charge in [0.25, 0.3) is 12.6 Å². The summed E-state index contributed by atoms with van der Waals surface area (Å²) in [6.45, 7) is 6.81. The number of fused-ring (bicyclic) bond motifs is 1. The van der Waals surface area contributed by atoms with Crippen molar-refractivity contribution in [3.63, 3.8) is 0 Å². The molecule has 8 rings (SSSR count). The minimum absolute atomic E-state index is 0.0152. The third kappa shape index (κ3) is 10.1. The van der Waals surface area contributed by atoms with Crippen LogP contribution in [-0.4, -0.2) is 66.0 Å². The Morgan fingerprint density at radius 2 is 1.97 bits per heavy atom. The summed E-state index contributed by atoms with van der Waals surface area (Å²) in [5.41, 5.74) is 3.59. The highest BCUT2D eigenvalue weighted by Crippen LogP contribution is 2.54. The van der Waals surface area contributed by atoms with Gasteiger partial charge in [-0.3, -0.25) is 14.1 Å². The number of nitrogens with one attached hydrogen (secondary N) is 2. The first-order valence-corrected chi connectivity index (χ1v) is 22.4. The second-order valence-corrected chi connectivity index (χ2v) is 16.9. The van der Waals surface area contributed by atoms with Gasteiger partial charge < -0.3 is 39.8 Å². The number of nitriles is 1. The van der Waals surface area contributed by atoms with E-state index in [0.717, 1.165) is 37.6 Å². The molecule has 5 aromatic rings. The number of nitrogen functional groups attached to an aromatic ring is 1. The molecular formula is C44H43F6N8O7PS. The van der Waals surface area contributed by atoms with Crippen molar-refractivity contribution in [1.82, 2.24) is 20.3 Å². The quantitative estimate of drug-likeness (QED) is 0.0372. The number of anilines is 3. The maximum Gasteiger partial charge on any atom is 0.469 e. The Balaban J connectivity index is 0.000000490. The predicted octanol–water partition coefficient (Wildman–Crippen LogP) is 9.92. The average molecular weight is 973 g/mol. The highest BCUT2D eigenvalue weighted by Gasteiger charge is 2.46. The summed E-state index contributed by atoms with van der Waals surface area (Å²) < 4.78 is 114. The van der Waals surface area contributed by atoms with Crippen molar-refractivity contribution in [3.05, 3.63) is 70.7 Å². The molecule has 0 amide bonds. The van der Waals surface area contributed by atoms with Crippen LogP contribution in [0.4, 0.5) is 43.0 Å². The molecule has 23 heteroatoms. The molecule has 1 spiro atoms. The van der Waals surface area contributed by atoms with Crippen molar-refractivity contribution in [3.8, 4) is 41.3 Å². The lowest BCUT2D eigenvalue weighted by atomic mass is 9.72. The second kappa shape index (κ2) is 21.0. The lowest BCUT2D eigenvalue weighted by Gasteiger charge is -2.40. The van der Waals surface area contributed by atoms with Gasteiger partial charge in [-0.05, 0) is 62.4 Å². The lowest BCUT2D eigenvalue weighted by molar-refractivity contribution is -0.138. The monoisotopic (exact) mass is 972 g/mol. The van der Waals surface area contributed by atoms with Crippen molar-refractivity contribution in [1.29, 1.82) is 5.26 Å². The Labute approximate surface area is 385 Å². The number of pyridine rings is 1. The first-order valence-electron chi connectivity index (χ1n) is 20.5. The Kier molecular flexibility index (Phi) is 15.7. The molecule has 1 aliphatic carbocycles. The SMILES string of the molecule is C#CC1COc2c(C(F)(F)F)c(-c3cccc4sc(NCOP(OC=O)OC(C)=O)c(C#N)c34)c(F)c3nc(OC)nc(c23)N1C(C)c1cccnc1N.CC.FC(F)=C1CC2(CCCN2)C1. The molecule has 1 saturated heterocycles. The van der Waals surface area contributed by atoms with Crippen LogP contribution in [0.2, 0.25) is 0 Å². The normalized spacial score (nSPS) is 18.1. The van der Waals surface area contributed by atoms with E-state index in [1.54, 1.807) is 19.1 Å². The number of nitrogens with two attached hydrogens (primary N) is 1. The van der Waals surface area contributed by atoms with Crippen molar-refractivity contribution < 1.29 is 59.0 Å². The fraction of sp³-hybridized carbons (Fsp3) is 0.364. The maximum atomic E-state index is 17.3. The zero-order valence-corrected chi connectivity index (χ0v) is 38.2. The predicted molar refractivity (Wildman–Crippen MR) is 239 cm³/mol. The second-order valence-electron chi connectivity index (χ2n) is 14.8. The minimum atomic E-state index is -5.25. The Hall–Kier alpha value is -6.45. The summed E-state index contributed by atoms with van der Waals surface area (Å²) in [5, 5.41) is 16.0. The number of terminal acetylenes is 1. The third-order valence-corrected chi connectivity index (χ3v) is 13.0. The van der Waals surface area contributed by atoms with E-state index in [2.05, 4.69) is 36.0 Å². The van der Waals surface area contributed by atoms with Crippen LogP contribution in [0.25, 0.3) is 32.1 Å². The number of carbonyl (C=O) groups excluding carboxylic acids is 2. The molecule has 67 heavy (non-hydrogen) atoms. The Bertz CT molecular complexity index is 2780. The van der Waals surface area contributed by atoms with Gasteiger partial charge in [0.2, 0.25) is 0 Å². The van der Waals surface area contributed by atoms with Crippen molar-refractivity contribution in [2.75, 3.05) is 42.9 Å². The highest BCUT2D eigenvalue weighted by atomic mass is 32.1. The summed E-state index contributed by atoms with van der Waals surface area (Å²) in [5.74, 6) is -0.525. The van der Waals surface area contributed by atoms with E-state index in [1.807, 2.05) is 19.9 Å². The molecule has 5 heterocycles. The van der Waals surface area contributed by atoms with Gasteiger partial charge >= 0.3 is 26.8 Å². The van der Waals surface area contributed by atoms with Gasteiger partial charge in [0, 0.05) is 39.9 Å². The van der Waals surface area contributed by atoms with E-state index in [1.165, 1.54) is 36.4 Å². The average Bonchev–Trinajstić information content (AvgIpc) is 3.89. The molecule has 1 saturated carbocycles. The molecule has 3 aliphatic rings. The number of nitrogens with zero attached hydrogens (tertiary/aromatic N) is 5. The number of rotatable bonds is 11. The van der Waals surface area contributed by atoms with Crippen LogP contribution in [0.5, 0.6) is 11.8 Å². The number of halogens is 6. The van der Waals surface area contributed by atoms with Crippen LogP contribution >= 0.6 is 19.9 Å².